The number of amides is 1. The Balaban J connectivity index is 1.44. The molecule has 0 spiro atoms. The van der Waals surface area contributed by atoms with Crippen LogP contribution < -0.4 is 0 Å². The second-order valence-corrected chi connectivity index (χ2v) is 9.96. The molecule has 3 aliphatic rings. The van der Waals surface area contributed by atoms with E-state index in [4.69, 9.17) is 9.47 Å². The normalized spacial score (nSPS) is 25.3. The maximum absolute atomic E-state index is 13.3. The molecule has 8 heteroatoms. The lowest BCUT2D eigenvalue weighted by atomic mass is 9.88. The van der Waals surface area contributed by atoms with Crippen LogP contribution in [-0.4, -0.2) is 89.8 Å². The van der Waals surface area contributed by atoms with Crippen molar-refractivity contribution in [2.45, 2.75) is 70.7 Å². The number of ether oxygens (including phenoxy) is 2. The van der Waals surface area contributed by atoms with E-state index in [-0.39, 0.29) is 18.4 Å². The van der Waals surface area contributed by atoms with Crippen molar-refractivity contribution >= 4 is 12.4 Å². The van der Waals surface area contributed by atoms with Crippen LogP contribution in [0.2, 0.25) is 0 Å². The Kier molecular flexibility index (Phi) is 8.11. The highest BCUT2D eigenvalue weighted by Gasteiger charge is 2.47. The van der Waals surface area contributed by atoms with E-state index in [1.54, 1.807) is 0 Å². The lowest BCUT2D eigenvalue weighted by Gasteiger charge is -2.54. The van der Waals surface area contributed by atoms with E-state index in [1.165, 1.54) is 0 Å². The number of rotatable bonds is 6. The highest BCUT2D eigenvalue weighted by molar-refractivity contribution is 5.70. The molecule has 0 aliphatic carbocycles. The number of phenols is 1. The summed E-state index contributed by atoms with van der Waals surface area (Å²) in [6.07, 6.45) is 5.69. The third-order valence-corrected chi connectivity index (χ3v) is 7.87. The Morgan fingerprint density at radius 2 is 1.79 bits per heavy atom. The van der Waals surface area contributed by atoms with Gasteiger partial charge in [0.15, 0.2) is 0 Å². The van der Waals surface area contributed by atoms with Crippen molar-refractivity contribution in [3.63, 3.8) is 0 Å². The fourth-order valence-electron chi connectivity index (χ4n) is 6.03. The third-order valence-electron chi connectivity index (χ3n) is 7.87. The Hall–Kier alpha value is -2.16. The van der Waals surface area contributed by atoms with Gasteiger partial charge in [0, 0.05) is 45.2 Å². The summed E-state index contributed by atoms with van der Waals surface area (Å²) in [7, 11) is 0. The smallest absolute Gasteiger partial charge is 0.411 e. The molecule has 3 fully saturated rings. The van der Waals surface area contributed by atoms with Crippen LogP contribution in [0.25, 0.3) is 0 Å². The molecule has 34 heavy (non-hydrogen) atoms. The van der Waals surface area contributed by atoms with Gasteiger partial charge < -0.3 is 19.4 Å². The van der Waals surface area contributed by atoms with Crippen LogP contribution in [-0.2, 0) is 20.9 Å². The van der Waals surface area contributed by atoms with Gasteiger partial charge in [0.25, 0.3) is 0 Å². The molecule has 1 aromatic rings. The molecule has 1 unspecified atom stereocenters. The standard InChI is InChI=1S/C26H39N3O5/c1-20-17-22(18-21(2)24(20)31)19-34-25(32)29-9-4-3-7-26(29,8-14-30)28-10-5-23(6-11-28)27-12-15-33-16-13-27/h14,17-18,23,31H,3-13,15-16,19H2,1-2H3. The van der Waals surface area contributed by atoms with E-state index < -0.39 is 5.66 Å². The second-order valence-electron chi connectivity index (χ2n) is 9.96. The maximum Gasteiger partial charge on any atom is 0.411 e. The lowest BCUT2D eigenvalue weighted by molar-refractivity contribution is -0.124. The molecule has 3 saturated heterocycles. The van der Waals surface area contributed by atoms with Crippen LogP contribution in [0.15, 0.2) is 12.1 Å². The van der Waals surface area contributed by atoms with Crippen LogP contribution in [0.5, 0.6) is 5.75 Å². The Bertz CT molecular complexity index is 841. The van der Waals surface area contributed by atoms with E-state index in [9.17, 15) is 14.7 Å². The van der Waals surface area contributed by atoms with Gasteiger partial charge in [-0.15, -0.1) is 0 Å². The minimum Gasteiger partial charge on any atom is -0.507 e. The molecule has 3 heterocycles. The van der Waals surface area contributed by atoms with Crippen LogP contribution in [0.3, 0.4) is 0 Å². The van der Waals surface area contributed by atoms with Crippen molar-refractivity contribution in [2.75, 3.05) is 45.9 Å². The fourth-order valence-corrected chi connectivity index (χ4v) is 6.03. The Morgan fingerprint density at radius 1 is 1.12 bits per heavy atom. The third kappa shape index (κ3) is 5.24. The molecule has 0 saturated carbocycles. The largest absolute Gasteiger partial charge is 0.507 e. The topological polar surface area (TPSA) is 82.6 Å². The Labute approximate surface area is 202 Å². The van der Waals surface area contributed by atoms with Gasteiger partial charge in [-0.3, -0.25) is 14.7 Å². The van der Waals surface area contributed by atoms with Crippen molar-refractivity contribution in [1.29, 1.82) is 0 Å². The molecular formula is C26H39N3O5. The van der Waals surface area contributed by atoms with Gasteiger partial charge in [0.05, 0.1) is 13.2 Å². The average molecular weight is 474 g/mol. The number of likely N-dealkylation sites (tertiary alicyclic amines) is 2. The van der Waals surface area contributed by atoms with Crippen LogP contribution in [0, 0.1) is 13.8 Å². The Morgan fingerprint density at radius 3 is 2.44 bits per heavy atom. The number of phenolic OH excluding ortho intramolecular Hbond substituents is 1. The number of hydrogen-bond donors (Lipinski definition) is 1. The highest BCUT2D eigenvalue weighted by Crippen LogP contribution is 2.37. The van der Waals surface area contributed by atoms with Crippen molar-refractivity contribution < 1.29 is 24.2 Å². The summed E-state index contributed by atoms with van der Waals surface area (Å²) in [5, 5.41) is 10.0. The van der Waals surface area contributed by atoms with E-state index >= 15 is 0 Å². The minimum absolute atomic E-state index is 0.146. The molecule has 3 aliphatic heterocycles. The van der Waals surface area contributed by atoms with Gasteiger partial charge in [0.1, 0.15) is 24.3 Å². The second kappa shape index (κ2) is 11.1. The van der Waals surface area contributed by atoms with Gasteiger partial charge >= 0.3 is 6.09 Å². The van der Waals surface area contributed by atoms with Crippen molar-refractivity contribution in [1.82, 2.24) is 14.7 Å². The molecule has 0 radical (unpaired) electrons. The van der Waals surface area contributed by atoms with Gasteiger partial charge in [0.2, 0.25) is 0 Å². The molecule has 0 aromatic heterocycles. The number of carbonyl (C=O) groups excluding carboxylic acids is 2. The number of piperidine rings is 2. The number of benzene rings is 1. The number of carbonyl (C=O) groups is 2. The monoisotopic (exact) mass is 473 g/mol. The van der Waals surface area contributed by atoms with E-state index in [0.29, 0.717) is 19.0 Å². The summed E-state index contributed by atoms with van der Waals surface area (Å²) < 4.78 is 11.3. The number of aryl methyl sites for hydroxylation is 2. The number of aldehydes is 1. The number of aromatic hydroxyl groups is 1. The van der Waals surface area contributed by atoms with E-state index in [0.717, 1.165) is 94.5 Å². The minimum atomic E-state index is -0.603. The summed E-state index contributed by atoms with van der Waals surface area (Å²) in [5.41, 5.74) is 1.78. The number of nitrogens with zero attached hydrogens (tertiary/aromatic N) is 3. The first-order valence-corrected chi connectivity index (χ1v) is 12.7. The summed E-state index contributed by atoms with van der Waals surface area (Å²) in [6, 6.07) is 4.24. The quantitative estimate of drug-likeness (QED) is 0.635. The van der Waals surface area contributed by atoms with Crippen LogP contribution in [0.4, 0.5) is 4.79 Å². The van der Waals surface area contributed by atoms with Crippen molar-refractivity contribution in [2.24, 2.45) is 0 Å². The predicted octanol–water partition coefficient (Wildman–Crippen LogP) is 3.21. The molecule has 1 aromatic carbocycles. The van der Waals surface area contributed by atoms with E-state index in [2.05, 4.69) is 9.80 Å². The zero-order chi connectivity index (χ0) is 24.1. The lowest BCUT2D eigenvalue weighted by Crippen LogP contribution is -2.66. The molecule has 0 bridgehead atoms. The molecule has 188 valence electrons. The molecule has 8 nitrogen and oxygen atoms in total. The zero-order valence-corrected chi connectivity index (χ0v) is 20.6. The fraction of sp³-hybridized carbons (Fsp3) is 0.692. The average Bonchev–Trinajstić information content (AvgIpc) is 2.87. The first-order valence-electron chi connectivity index (χ1n) is 12.7. The zero-order valence-electron chi connectivity index (χ0n) is 20.6. The molecule has 1 amide bonds. The summed E-state index contributed by atoms with van der Waals surface area (Å²) >= 11 is 0. The van der Waals surface area contributed by atoms with E-state index in [1.807, 2.05) is 30.9 Å². The van der Waals surface area contributed by atoms with Crippen molar-refractivity contribution in [3.05, 3.63) is 28.8 Å². The van der Waals surface area contributed by atoms with Gasteiger partial charge in [-0.05, 0) is 74.8 Å². The number of hydrogen-bond acceptors (Lipinski definition) is 7. The van der Waals surface area contributed by atoms with Crippen LogP contribution >= 0.6 is 0 Å². The maximum atomic E-state index is 13.3. The summed E-state index contributed by atoms with van der Waals surface area (Å²) in [6.45, 7) is 9.74. The highest BCUT2D eigenvalue weighted by atomic mass is 16.6. The van der Waals surface area contributed by atoms with Gasteiger partial charge in [-0.25, -0.2) is 4.79 Å². The predicted molar refractivity (Wildman–Crippen MR) is 129 cm³/mol. The molecule has 4 rings (SSSR count). The van der Waals surface area contributed by atoms with Crippen molar-refractivity contribution in [3.8, 4) is 5.75 Å². The summed E-state index contributed by atoms with van der Waals surface area (Å²) in [4.78, 5) is 31.9. The molecule has 1 N–H and O–H groups in total. The van der Waals surface area contributed by atoms with Gasteiger partial charge in [-0.2, -0.15) is 0 Å². The first-order chi connectivity index (χ1) is 16.4. The molecule has 1 atom stereocenters. The molecular weight excluding hydrogens is 434 g/mol. The summed E-state index contributed by atoms with van der Waals surface area (Å²) in [5.74, 6) is 0.275. The SMILES string of the molecule is Cc1cc(COC(=O)N2CCCCC2(CC=O)N2CCC(N3CCOCC3)CC2)cc(C)c1O. The first kappa shape index (κ1) is 24.9. The van der Waals surface area contributed by atoms with Crippen LogP contribution in [0.1, 0.15) is 55.2 Å². The van der Waals surface area contributed by atoms with Gasteiger partial charge in [-0.1, -0.05) is 0 Å². The number of morpholine rings is 1.